The molecule has 1 N–H and O–H groups in total. The van der Waals surface area contributed by atoms with Crippen molar-refractivity contribution in [3.05, 3.63) is 83.6 Å². The van der Waals surface area contributed by atoms with Gasteiger partial charge in [0.05, 0.1) is 12.6 Å². The second-order valence-corrected chi connectivity index (χ2v) is 10.9. The number of nitrogens with zero attached hydrogens (tertiary/aromatic N) is 3. The van der Waals surface area contributed by atoms with E-state index in [2.05, 4.69) is 70.6 Å². The fourth-order valence-electron chi connectivity index (χ4n) is 5.24. The number of likely N-dealkylation sites (tertiary alicyclic amines) is 1. The van der Waals surface area contributed by atoms with E-state index < -0.39 is 0 Å². The molecule has 2 amide bonds. The highest BCUT2D eigenvalue weighted by atomic mass is 32.2. The van der Waals surface area contributed by atoms with Gasteiger partial charge in [0.15, 0.2) is 0 Å². The number of ether oxygens (including phenoxy) is 2. The Bertz CT molecular complexity index is 1200. The van der Waals surface area contributed by atoms with Crippen molar-refractivity contribution in [1.29, 1.82) is 0 Å². The van der Waals surface area contributed by atoms with Gasteiger partial charge in [0, 0.05) is 49.9 Å². The molecule has 38 heavy (non-hydrogen) atoms. The molecule has 200 valence electrons. The summed E-state index contributed by atoms with van der Waals surface area (Å²) in [7, 11) is 1.67. The molecule has 0 spiro atoms. The molecule has 0 bridgehead atoms. The summed E-state index contributed by atoms with van der Waals surface area (Å²) in [5.74, 6) is 0.843. The smallest absolute Gasteiger partial charge is 0.318 e. The molecule has 1 atom stereocenters. The van der Waals surface area contributed by atoms with Crippen molar-refractivity contribution >= 4 is 17.8 Å². The molecule has 2 aromatic carbocycles. The summed E-state index contributed by atoms with van der Waals surface area (Å²) in [4.78, 5) is 23.3. The zero-order valence-corrected chi connectivity index (χ0v) is 23.0. The first-order valence-corrected chi connectivity index (χ1v) is 14.1. The maximum absolute atomic E-state index is 12.7. The fraction of sp³-hybridized carbons (Fsp3) is 0.400. The van der Waals surface area contributed by atoms with Gasteiger partial charge in [-0.1, -0.05) is 48.2 Å². The molecule has 3 heterocycles. The maximum Gasteiger partial charge on any atom is 0.318 e. The van der Waals surface area contributed by atoms with Gasteiger partial charge >= 0.3 is 6.03 Å². The largest absolute Gasteiger partial charge is 0.491 e. The minimum absolute atomic E-state index is 0.0682. The summed E-state index contributed by atoms with van der Waals surface area (Å²) < 4.78 is 10.7. The Morgan fingerprint density at radius 2 is 1.76 bits per heavy atom. The predicted octanol–water partition coefficient (Wildman–Crippen LogP) is 5.30. The van der Waals surface area contributed by atoms with E-state index >= 15 is 0 Å². The number of piperidine rings is 1. The molecule has 8 heteroatoms. The van der Waals surface area contributed by atoms with Crippen LogP contribution < -0.4 is 10.1 Å². The summed E-state index contributed by atoms with van der Waals surface area (Å²) >= 11 is 1.66. The Labute approximate surface area is 229 Å². The van der Waals surface area contributed by atoms with E-state index in [-0.39, 0.29) is 18.1 Å². The molecule has 0 saturated carbocycles. The SMILES string of the molecule is COCCOc1ccc(Sc2ccc(CN3CCC(N4C(=O)NCC4c4ccccc4)CC3)c(C)n2)cc1. The molecule has 2 aliphatic rings. The number of benzene rings is 2. The van der Waals surface area contributed by atoms with Gasteiger partial charge in [0.25, 0.3) is 0 Å². The molecule has 5 rings (SSSR count). The lowest BCUT2D eigenvalue weighted by Crippen LogP contribution is -2.46. The van der Waals surface area contributed by atoms with Crippen LogP contribution in [0, 0.1) is 6.92 Å². The summed E-state index contributed by atoms with van der Waals surface area (Å²) in [6.07, 6.45) is 1.98. The summed E-state index contributed by atoms with van der Waals surface area (Å²) in [5.41, 5.74) is 3.54. The third-order valence-corrected chi connectivity index (χ3v) is 8.26. The van der Waals surface area contributed by atoms with Crippen LogP contribution in [0.2, 0.25) is 0 Å². The number of hydrogen-bond acceptors (Lipinski definition) is 6. The van der Waals surface area contributed by atoms with Gasteiger partial charge in [-0.15, -0.1) is 0 Å². The van der Waals surface area contributed by atoms with Gasteiger partial charge in [0.2, 0.25) is 0 Å². The Hall–Kier alpha value is -3.07. The predicted molar refractivity (Wildman–Crippen MR) is 150 cm³/mol. The minimum atomic E-state index is 0.0682. The van der Waals surface area contributed by atoms with E-state index in [9.17, 15) is 4.79 Å². The second kappa shape index (κ2) is 12.7. The number of methoxy groups -OCH3 is 1. The lowest BCUT2D eigenvalue weighted by molar-refractivity contribution is 0.112. The highest BCUT2D eigenvalue weighted by Gasteiger charge is 2.38. The quantitative estimate of drug-likeness (QED) is 0.358. The van der Waals surface area contributed by atoms with Crippen molar-refractivity contribution in [1.82, 2.24) is 20.1 Å². The van der Waals surface area contributed by atoms with Gasteiger partial charge in [-0.2, -0.15) is 0 Å². The summed E-state index contributed by atoms with van der Waals surface area (Å²) in [6.45, 7) is 6.75. The molecule has 7 nitrogen and oxygen atoms in total. The number of rotatable bonds is 10. The molecule has 0 aliphatic carbocycles. The lowest BCUT2D eigenvalue weighted by atomic mass is 9.98. The Kier molecular flexibility index (Phi) is 8.83. The first-order valence-electron chi connectivity index (χ1n) is 13.3. The van der Waals surface area contributed by atoms with E-state index in [1.165, 1.54) is 11.1 Å². The van der Waals surface area contributed by atoms with Crippen LogP contribution in [0.3, 0.4) is 0 Å². The van der Waals surface area contributed by atoms with Crippen LogP contribution in [0.5, 0.6) is 5.75 Å². The van der Waals surface area contributed by atoms with Crippen LogP contribution in [-0.2, 0) is 11.3 Å². The number of urea groups is 1. The zero-order chi connectivity index (χ0) is 26.3. The van der Waals surface area contributed by atoms with Gasteiger partial charge in [-0.05, 0) is 61.2 Å². The van der Waals surface area contributed by atoms with Crippen LogP contribution in [0.25, 0.3) is 0 Å². The topological polar surface area (TPSA) is 66.9 Å². The molecule has 0 radical (unpaired) electrons. The van der Waals surface area contributed by atoms with Crippen molar-refractivity contribution in [3.8, 4) is 5.75 Å². The van der Waals surface area contributed by atoms with Gasteiger partial charge in [0.1, 0.15) is 17.4 Å². The number of hydrogen-bond donors (Lipinski definition) is 1. The fourth-order valence-corrected chi connectivity index (χ4v) is 6.08. The molecule has 2 saturated heterocycles. The molecular formula is C30H36N4O3S. The normalized spacial score (nSPS) is 18.5. The Morgan fingerprint density at radius 3 is 2.47 bits per heavy atom. The Morgan fingerprint density at radius 1 is 1.00 bits per heavy atom. The average molecular weight is 533 g/mol. The van der Waals surface area contributed by atoms with Crippen LogP contribution in [0.4, 0.5) is 4.79 Å². The van der Waals surface area contributed by atoms with Crippen LogP contribution in [0.1, 0.15) is 35.7 Å². The van der Waals surface area contributed by atoms with E-state index in [4.69, 9.17) is 14.5 Å². The molecular weight excluding hydrogens is 496 g/mol. The average Bonchev–Trinajstić information content (AvgIpc) is 3.33. The van der Waals surface area contributed by atoms with Crippen molar-refractivity contribution in [3.63, 3.8) is 0 Å². The van der Waals surface area contributed by atoms with Crippen LogP contribution in [0.15, 0.2) is 76.7 Å². The minimum Gasteiger partial charge on any atom is -0.491 e. The number of aromatic nitrogens is 1. The number of aryl methyl sites for hydroxylation is 1. The standard InChI is InChI=1S/C30H36N4O3S/c1-22-24(8-13-29(32-22)38-27-11-9-26(10-12-27)37-19-18-36-2)21-33-16-14-25(15-17-33)34-28(20-31-30(34)35)23-6-4-3-5-7-23/h3-13,25,28H,14-21H2,1-2H3,(H,31,35). The second-order valence-electron chi connectivity index (χ2n) is 9.84. The monoisotopic (exact) mass is 532 g/mol. The third-order valence-electron chi connectivity index (χ3n) is 7.32. The number of pyridine rings is 1. The lowest BCUT2D eigenvalue weighted by Gasteiger charge is -2.39. The number of amides is 2. The van der Waals surface area contributed by atoms with Crippen LogP contribution >= 0.6 is 11.8 Å². The van der Waals surface area contributed by atoms with Crippen molar-refractivity contribution in [2.45, 2.75) is 48.3 Å². The summed E-state index contributed by atoms with van der Waals surface area (Å²) in [6, 6.07) is 23.2. The third kappa shape index (κ3) is 6.49. The van der Waals surface area contributed by atoms with Gasteiger partial charge in [-0.25, -0.2) is 9.78 Å². The highest BCUT2D eigenvalue weighted by molar-refractivity contribution is 7.99. The molecule has 3 aromatic rings. The molecule has 2 aliphatic heterocycles. The van der Waals surface area contributed by atoms with Crippen molar-refractivity contribution in [2.75, 3.05) is 40.0 Å². The molecule has 2 fully saturated rings. The Balaban J connectivity index is 1.14. The van der Waals surface area contributed by atoms with Gasteiger partial charge in [-0.3, -0.25) is 4.90 Å². The van der Waals surface area contributed by atoms with Crippen molar-refractivity contribution < 1.29 is 14.3 Å². The molecule has 1 unspecified atom stereocenters. The number of carbonyl (C=O) groups excluding carboxylic acids is 1. The zero-order valence-electron chi connectivity index (χ0n) is 22.1. The summed E-state index contributed by atoms with van der Waals surface area (Å²) in [5, 5.41) is 4.05. The first kappa shape index (κ1) is 26.5. The van der Waals surface area contributed by atoms with Crippen LogP contribution in [-0.4, -0.2) is 66.8 Å². The van der Waals surface area contributed by atoms with E-state index in [1.807, 2.05) is 18.2 Å². The number of carbonyl (C=O) groups is 1. The van der Waals surface area contributed by atoms with Gasteiger partial charge < -0.3 is 19.7 Å². The van der Waals surface area contributed by atoms with E-state index in [0.29, 0.717) is 19.8 Å². The van der Waals surface area contributed by atoms with E-state index in [0.717, 1.165) is 53.8 Å². The van der Waals surface area contributed by atoms with E-state index in [1.54, 1.807) is 18.9 Å². The molecule has 1 aromatic heterocycles. The first-order chi connectivity index (χ1) is 18.6. The number of nitrogens with one attached hydrogen (secondary N) is 1. The van der Waals surface area contributed by atoms with Crippen molar-refractivity contribution in [2.24, 2.45) is 0 Å². The highest BCUT2D eigenvalue weighted by Crippen LogP contribution is 2.32. The maximum atomic E-state index is 12.7.